The van der Waals surface area contributed by atoms with Crippen molar-refractivity contribution in [3.8, 4) is 0 Å². The van der Waals surface area contributed by atoms with Crippen molar-refractivity contribution in [1.29, 1.82) is 0 Å². The molecule has 0 aromatic heterocycles. The van der Waals surface area contributed by atoms with E-state index >= 15 is 0 Å². The number of nitrogens with zero attached hydrogens (tertiary/aromatic N) is 1. The van der Waals surface area contributed by atoms with Crippen molar-refractivity contribution in [2.45, 2.75) is 25.9 Å². The summed E-state index contributed by atoms with van der Waals surface area (Å²) in [4.78, 5) is 14.4. The van der Waals surface area contributed by atoms with Crippen molar-refractivity contribution in [3.05, 3.63) is 29.8 Å². The summed E-state index contributed by atoms with van der Waals surface area (Å²) in [7, 11) is 0. The Hall–Kier alpha value is -1.59. The van der Waals surface area contributed by atoms with E-state index in [2.05, 4.69) is 12.3 Å². The summed E-state index contributed by atoms with van der Waals surface area (Å²) in [5.74, 6) is 5.47. The third kappa shape index (κ3) is 3.24. The van der Waals surface area contributed by atoms with Gasteiger partial charge in [0, 0.05) is 19.7 Å². The molecule has 5 nitrogen and oxygen atoms in total. The molecule has 3 N–H and O–H groups in total. The van der Waals surface area contributed by atoms with E-state index in [0.29, 0.717) is 17.8 Å². The van der Waals surface area contributed by atoms with E-state index in [1.165, 1.54) is 0 Å². The smallest absolute Gasteiger partial charge is 0.256 e. The van der Waals surface area contributed by atoms with Gasteiger partial charge < -0.3 is 15.1 Å². The van der Waals surface area contributed by atoms with Crippen molar-refractivity contribution in [1.82, 2.24) is 4.90 Å². The Labute approximate surface area is 113 Å². The minimum absolute atomic E-state index is 0.0116. The minimum atomic E-state index is 0.0116. The molecule has 1 aromatic carbocycles. The van der Waals surface area contributed by atoms with Gasteiger partial charge in [0.05, 0.1) is 17.4 Å². The van der Waals surface area contributed by atoms with E-state index in [4.69, 9.17) is 10.6 Å². The molecular formula is C14H21N3O2. The van der Waals surface area contributed by atoms with Crippen LogP contribution >= 0.6 is 0 Å². The fourth-order valence-corrected chi connectivity index (χ4v) is 2.29. The second-order valence-electron chi connectivity index (χ2n) is 4.70. The number of para-hydroxylation sites is 1. The molecule has 104 valence electrons. The topological polar surface area (TPSA) is 67.6 Å². The van der Waals surface area contributed by atoms with Crippen LogP contribution in [0.1, 0.15) is 30.1 Å². The number of nitrogens with two attached hydrogens (primary N) is 1. The minimum Gasteiger partial charge on any atom is -0.376 e. The van der Waals surface area contributed by atoms with Crippen LogP contribution in [0.5, 0.6) is 0 Å². The molecule has 0 radical (unpaired) electrons. The molecular weight excluding hydrogens is 242 g/mol. The summed E-state index contributed by atoms with van der Waals surface area (Å²) in [5.41, 5.74) is 3.85. The normalized spacial score (nSPS) is 19.9. The number of nitrogen functional groups attached to an aromatic ring is 1. The van der Waals surface area contributed by atoms with Crippen LogP contribution in [-0.2, 0) is 4.74 Å². The van der Waals surface area contributed by atoms with Crippen LogP contribution in [0.2, 0.25) is 0 Å². The predicted octanol–water partition coefficient (Wildman–Crippen LogP) is 1.61. The van der Waals surface area contributed by atoms with E-state index in [1.54, 1.807) is 12.1 Å². The van der Waals surface area contributed by atoms with Crippen LogP contribution in [-0.4, -0.2) is 36.6 Å². The molecule has 1 amide bonds. The summed E-state index contributed by atoms with van der Waals surface area (Å²) in [6.45, 7) is 4.18. The Morgan fingerprint density at radius 3 is 3.05 bits per heavy atom. The first-order valence-electron chi connectivity index (χ1n) is 6.72. The van der Waals surface area contributed by atoms with Crippen molar-refractivity contribution in [2.24, 2.45) is 5.84 Å². The maximum atomic E-state index is 12.6. The van der Waals surface area contributed by atoms with E-state index in [1.807, 2.05) is 17.0 Å². The van der Waals surface area contributed by atoms with Gasteiger partial charge in [-0.1, -0.05) is 19.1 Å². The number of anilines is 1. The predicted molar refractivity (Wildman–Crippen MR) is 74.8 cm³/mol. The van der Waals surface area contributed by atoms with Gasteiger partial charge in [-0.05, 0) is 25.0 Å². The van der Waals surface area contributed by atoms with Crippen molar-refractivity contribution >= 4 is 11.6 Å². The van der Waals surface area contributed by atoms with Crippen molar-refractivity contribution in [2.75, 3.05) is 25.1 Å². The fraction of sp³-hybridized carbons (Fsp3) is 0.500. The first-order valence-corrected chi connectivity index (χ1v) is 6.72. The third-order valence-corrected chi connectivity index (χ3v) is 3.41. The maximum absolute atomic E-state index is 12.6. The Morgan fingerprint density at radius 2 is 2.32 bits per heavy atom. The zero-order valence-electron chi connectivity index (χ0n) is 11.3. The highest BCUT2D eigenvalue weighted by Crippen LogP contribution is 2.18. The van der Waals surface area contributed by atoms with Gasteiger partial charge in [-0.3, -0.25) is 10.6 Å². The molecule has 1 saturated heterocycles. The van der Waals surface area contributed by atoms with Gasteiger partial charge in [-0.15, -0.1) is 0 Å². The summed E-state index contributed by atoms with van der Waals surface area (Å²) < 4.78 is 5.69. The second-order valence-corrected chi connectivity index (χ2v) is 4.70. The lowest BCUT2D eigenvalue weighted by molar-refractivity contribution is 0.0460. The molecule has 1 atom stereocenters. The number of hydrogen-bond donors (Lipinski definition) is 2. The monoisotopic (exact) mass is 263 g/mol. The Bertz CT molecular complexity index is 436. The molecule has 0 saturated carbocycles. The molecule has 5 heteroatoms. The maximum Gasteiger partial charge on any atom is 0.256 e. The molecule has 0 spiro atoms. The van der Waals surface area contributed by atoms with E-state index in [0.717, 1.165) is 26.0 Å². The molecule has 1 heterocycles. The molecule has 2 rings (SSSR count). The van der Waals surface area contributed by atoms with E-state index in [-0.39, 0.29) is 12.0 Å². The zero-order valence-corrected chi connectivity index (χ0v) is 11.3. The molecule has 19 heavy (non-hydrogen) atoms. The number of hydrazine groups is 1. The van der Waals surface area contributed by atoms with Gasteiger partial charge in [0.2, 0.25) is 0 Å². The Kier molecular flexibility index (Phi) is 4.76. The number of carbonyl (C=O) groups excluding carboxylic acids is 1. The molecule has 1 aromatic rings. The van der Waals surface area contributed by atoms with Crippen LogP contribution < -0.4 is 11.3 Å². The molecule has 1 aliphatic rings. The largest absolute Gasteiger partial charge is 0.376 e. The summed E-state index contributed by atoms with van der Waals surface area (Å²) in [6, 6.07) is 7.30. The van der Waals surface area contributed by atoms with Crippen molar-refractivity contribution in [3.63, 3.8) is 0 Å². The van der Waals surface area contributed by atoms with Crippen molar-refractivity contribution < 1.29 is 9.53 Å². The lowest BCUT2D eigenvalue weighted by Gasteiger charge is -2.24. The molecule has 1 unspecified atom stereocenters. The van der Waals surface area contributed by atoms with Gasteiger partial charge >= 0.3 is 0 Å². The van der Waals surface area contributed by atoms with Gasteiger partial charge in [0.25, 0.3) is 5.91 Å². The molecule has 1 aliphatic heterocycles. The van der Waals surface area contributed by atoms with E-state index in [9.17, 15) is 4.79 Å². The third-order valence-electron chi connectivity index (χ3n) is 3.41. The van der Waals surface area contributed by atoms with Gasteiger partial charge in [0.15, 0.2) is 0 Å². The highest BCUT2D eigenvalue weighted by atomic mass is 16.5. The number of carbonyl (C=O) groups is 1. The van der Waals surface area contributed by atoms with Gasteiger partial charge in [0.1, 0.15) is 0 Å². The molecule has 0 aliphatic carbocycles. The Balaban J connectivity index is 2.17. The molecule has 1 fully saturated rings. The molecule has 0 bridgehead atoms. The number of ether oxygens (including phenoxy) is 1. The number of benzene rings is 1. The number of nitrogens with one attached hydrogen (secondary N) is 1. The van der Waals surface area contributed by atoms with Gasteiger partial charge in [-0.2, -0.15) is 0 Å². The van der Waals surface area contributed by atoms with Crippen LogP contribution in [0.4, 0.5) is 5.69 Å². The number of rotatable bonds is 3. The number of hydrogen-bond acceptors (Lipinski definition) is 4. The highest BCUT2D eigenvalue weighted by molar-refractivity contribution is 5.99. The lowest BCUT2D eigenvalue weighted by atomic mass is 10.1. The van der Waals surface area contributed by atoms with Gasteiger partial charge in [-0.25, -0.2) is 0 Å². The van der Waals surface area contributed by atoms with Crippen LogP contribution in [0.15, 0.2) is 24.3 Å². The lowest BCUT2D eigenvalue weighted by Crippen LogP contribution is -2.37. The standard InChI is InChI=1S/C14H21N3O2/c1-2-11-10-17(8-5-9-19-11)14(18)12-6-3-4-7-13(12)16-15/h3-4,6-7,11,16H,2,5,8-10,15H2,1H3. The average Bonchev–Trinajstić information content (AvgIpc) is 2.72. The highest BCUT2D eigenvalue weighted by Gasteiger charge is 2.23. The zero-order chi connectivity index (χ0) is 13.7. The average molecular weight is 263 g/mol. The van der Waals surface area contributed by atoms with E-state index < -0.39 is 0 Å². The Morgan fingerprint density at radius 1 is 1.53 bits per heavy atom. The fourth-order valence-electron chi connectivity index (χ4n) is 2.29. The van der Waals surface area contributed by atoms with Crippen LogP contribution in [0, 0.1) is 0 Å². The van der Waals surface area contributed by atoms with Crippen LogP contribution in [0.3, 0.4) is 0 Å². The SMILES string of the molecule is CCC1CN(C(=O)c2ccccc2NN)CCCO1. The summed E-state index contributed by atoms with van der Waals surface area (Å²) >= 11 is 0. The second kappa shape index (κ2) is 6.54. The first kappa shape index (κ1) is 13.8. The number of amides is 1. The van der Waals surface area contributed by atoms with Crippen LogP contribution in [0.25, 0.3) is 0 Å². The summed E-state index contributed by atoms with van der Waals surface area (Å²) in [5, 5.41) is 0. The first-order chi connectivity index (χ1) is 9.26. The quantitative estimate of drug-likeness (QED) is 0.642. The summed E-state index contributed by atoms with van der Waals surface area (Å²) in [6.07, 6.45) is 1.92.